The second-order valence-electron chi connectivity index (χ2n) is 5.55. The minimum absolute atomic E-state index is 0.208. The van der Waals surface area contributed by atoms with Crippen LogP contribution in [-0.4, -0.2) is 59.5 Å². The quantitative estimate of drug-likeness (QED) is 0.861. The highest BCUT2D eigenvalue weighted by Crippen LogP contribution is 2.07. The predicted octanol–water partition coefficient (Wildman–Crippen LogP) is 0.724. The number of carbonyl (C=O) groups is 1. The van der Waals surface area contributed by atoms with Crippen molar-refractivity contribution in [3.05, 3.63) is 30.1 Å². The maximum absolute atomic E-state index is 12.0. The summed E-state index contributed by atoms with van der Waals surface area (Å²) in [6, 6.07) is 4.41. The molecule has 110 valence electrons. The van der Waals surface area contributed by atoms with Gasteiger partial charge < -0.3 is 10.2 Å². The van der Waals surface area contributed by atoms with E-state index in [9.17, 15) is 4.79 Å². The van der Waals surface area contributed by atoms with Crippen LogP contribution in [0.3, 0.4) is 0 Å². The van der Waals surface area contributed by atoms with E-state index in [0.29, 0.717) is 12.6 Å². The summed E-state index contributed by atoms with van der Waals surface area (Å²) >= 11 is 0. The van der Waals surface area contributed by atoms with E-state index in [-0.39, 0.29) is 5.91 Å². The normalized spacial score (nSPS) is 16.6. The zero-order valence-electron chi connectivity index (χ0n) is 12.4. The molecular formula is C15H24N4O. The summed E-state index contributed by atoms with van der Waals surface area (Å²) in [5.41, 5.74) is 1.23. The Hall–Kier alpha value is -1.46. The van der Waals surface area contributed by atoms with E-state index in [0.717, 1.165) is 32.7 Å². The molecule has 0 aromatic carbocycles. The molecular weight excluding hydrogens is 252 g/mol. The fourth-order valence-electron chi connectivity index (χ4n) is 2.31. The highest BCUT2D eigenvalue weighted by Gasteiger charge is 2.20. The molecule has 0 aliphatic carbocycles. The number of rotatable bonds is 5. The summed E-state index contributed by atoms with van der Waals surface area (Å²) < 4.78 is 0. The lowest BCUT2D eigenvalue weighted by atomic mass is 10.2. The molecule has 0 atom stereocenters. The number of hydrogen-bond acceptors (Lipinski definition) is 4. The molecule has 1 aliphatic rings. The number of hydrogen-bond donors (Lipinski definition) is 1. The standard InChI is InChI=1S/C15H24N4O/c1-13(2)17-11-15(20)19-8-6-18(7-9-19)12-14-4-3-5-16-10-14/h3-5,10,13,17H,6-9,11-12H2,1-2H3. The van der Waals surface area contributed by atoms with Gasteiger partial charge in [0.1, 0.15) is 0 Å². The molecule has 1 N–H and O–H groups in total. The van der Waals surface area contributed by atoms with Gasteiger partial charge in [0.25, 0.3) is 0 Å². The van der Waals surface area contributed by atoms with Crippen LogP contribution in [0.5, 0.6) is 0 Å². The van der Waals surface area contributed by atoms with Gasteiger partial charge in [0.05, 0.1) is 6.54 Å². The highest BCUT2D eigenvalue weighted by molar-refractivity contribution is 5.78. The van der Waals surface area contributed by atoms with E-state index in [2.05, 4.69) is 35.1 Å². The number of piperazine rings is 1. The number of pyridine rings is 1. The van der Waals surface area contributed by atoms with E-state index in [1.165, 1.54) is 5.56 Å². The molecule has 1 fully saturated rings. The molecule has 5 heteroatoms. The van der Waals surface area contributed by atoms with Crippen LogP contribution in [0, 0.1) is 0 Å². The molecule has 0 bridgehead atoms. The van der Waals surface area contributed by atoms with Gasteiger partial charge in [-0.05, 0) is 11.6 Å². The van der Waals surface area contributed by atoms with Crippen molar-refractivity contribution in [2.75, 3.05) is 32.7 Å². The number of amides is 1. The molecule has 0 spiro atoms. The Morgan fingerprint density at radius 3 is 2.70 bits per heavy atom. The van der Waals surface area contributed by atoms with Crippen LogP contribution in [-0.2, 0) is 11.3 Å². The summed E-state index contributed by atoms with van der Waals surface area (Å²) in [5, 5.41) is 3.18. The Morgan fingerprint density at radius 2 is 2.10 bits per heavy atom. The van der Waals surface area contributed by atoms with E-state index in [1.807, 2.05) is 17.2 Å². The first-order chi connectivity index (χ1) is 9.65. The van der Waals surface area contributed by atoms with Crippen LogP contribution in [0.15, 0.2) is 24.5 Å². The van der Waals surface area contributed by atoms with Crippen LogP contribution in [0.25, 0.3) is 0 Å². The van der Waals surface area contributed by atoms with Crippen LogP contribution in [0.1, 0.15) is 19.4 Å². The highest BCUT2D eigenvalue weighted by atomic mass is 16.2. The van der Waals surface area contributed by atoms with Crippen LogP contribution in [0.4, 0.5) is 0 Å². The number of carbonyl (C=O) groups excluding carboxylic acids is 1. The van der Waals surface area contributed by atoms with E-state index in [4.69, 9.17) is 0 Å². The van der Waals surface area contributed by atoms with Crippen molar-refractivity contribution in [3.8, 4) is 0 Å². The van der Waals surface area contributed by atoms with Crippen molar-refractivity contribution in [2.45, 2.75) is 26.4 Å². The average molecular weight is 276 g/mol. The molecule has 2 heterocycles. The van der Waals surface area contributed by atoms with Crippen LogP contribution >= 0.6 is 0 Å². The lowest BCUT2D eigenvalue weighted by molar-refractivity contribution is -0.132. The summed E-state index contributed by atoms with van der Waals surface area (Å²) in [6.45, 7) is 8.97. The van der Waals surface area contributed by atoms with Gasteiger partial charge in [-0.2, -0.15) is 0 Å². The zero-order valence-corrected chi connectivity index (χ0v) is 12.4. The molecule has 5 nitrogen and oxygen atoms in total. The van der Waals surface area contributed by atoms with E-state index < -0.39 is 0 Å². The molecule has 1 aromatic heterocycles. The predicted molar refractivity (Wildman–Crippen MR) is 79.2 cm³/mol. The largest absolute Gasteiger partial charge is 0.339 e. The van der Waals surface area contributed by atoms with Crippen LogP contribution in [0.2, 0.25) is 0 Å². The van der Waals surface area contributed by atoms with Crippen molar-refractivity contribution in [1.82, 2.24) is 20.1 Å². The Labute approximate surface area is 121 Å². The third kappa shape index (κ3) is 4.58. The number of aromatic nitrogens is 1. The van der Waals surface area contributed by atoms with Crippen molar-refractivity contribution in [2.24, 2.45) is 0 Å². The summed E-state index contributed by atoms with van der Waals surface area (Å²) in [4.78, 5) is 20.5. The molecule has 1 saturated heterocycles. The fraction of sp³-hybridized carbons (Fsp3) is 0.600. The summed E-state index contributed by atoms with van der Waals surface area (Å²) in [5.74, 6) is 0.208. The zero-order chi connectivity index (χ0) is 14.4. The second kappa shape index (κ2) is 7.36. The van der Waals surface area contributed by atoms with Gasteiger partial charge in [0.2, 0.25) is 5.91 Å². The maximum Gasteiger partial charge on any atom is 0.236 e. The van der Waals surface area contributed by atoms with Gasteiger partial charge in [-0.1, -0.05) is 19.9 Å². The average Bonchev–Trinajstić information content (AvgIpc) is 2.46. The minimum Gasteiger partial charge on any atom is -0.339 e. The SMILES string of the molecule is CC(C)NCC(=O)N1CCN(Cc2cccnc2)CC1. The monoisotopic (exact) mass is 276 g/mol. The Bertz CT molecular complexity index is 413. The Morgan fingerprint density at radius 1 is 1.35 bits per heavy atom. The first kappa shape index (κ1) is 14.9. The van der Waals surface area contributed by atoms with Gasteiger partial charge in [0.15, 0.2) is 0 Å². The molecule has 0 radical (unpaired) electrons. The van der Waals surface area contributed by atoms with Crippen molar-refractivity contribution >= 4 is 5.91 Å². The molecule has 20 heavy (non-hydrogen) atoms. The molecule has 1 amide bonds. The van der Waals surface area contributed by atoms with Crippen molar-refractivity contribution < 1.29 is 4.79 Å². The lowest BCUT2D eigenvalue weighted by Crippen LogP contribution is -2.50. The third-order valence-electron chi connectivity index (χ3n) is 3.52. The van der Waals surface area contributed by atoms with Gasteiger partial charge in [-0.25, -0.2) is 0 Å². The Balaban J connectivity index is 1.73. The summed E-state index contributed by atoms with van der Waals surface area (Å²) in [6.07, 6.45) is 3.70. The smallest absolute Gasteiger partial charge is 0.236 e. The number of nitrogens with zero attached hydrogens (tertiary/aromatic N) is 3. The fourth-order valence-corrected chi connectivity index (χ4v) is 2.31. The molecule has 0 unspecified atom stereocenters. The van der Waals surface area contributed by atoms with Gasteiger partial charge in [-0.3, -0.25) is 14.7 Å². The molecule has 1 aliphatic heterocycles. The molecule has 2 rings (SSSR count). The second-order valence-corrected chi connectivity index (χ2v) is 5.55. The third-order valence-corrected chi connectivity index (χ3v) is 3.52. The molecule has 1 aromatic rings. The summed E-state index contributed by atoms with van der Waals surface area (Å²) in [7, 11) is 0. The topological polar surface area (TPSA) is 48.5 Å². The minimum atomic E-state index is 0.208. The first-order valence-electron chi connectivity index (χ1n) is 7.27. The van der Waals surface area contributed by atoms with Gasteiger partial charge in [-0.15, -0.1) is 0 Å². The van der Waals surface area contributed by atoms with Crippen molar-refractivity contribution in [3.63, 3.8) is 0 Å². The van der Waals surface area contributed by atoms with E-state index >= 15 is 0 Å². The number of nitrogens with one attached hydrogen (secondary N) is 1. The maximum atomic E-state index is 12.0. The van der Waals surface area contributed by atoms with Crippen molar-refractivity contribution in [1.29, 1.82) is 0 Å². The molecule has 0 saturated carbocycles. The van der Waals surface area contributed by atoms with Gasteiger partial charge >= 0.3 is 0 Å². The first-order valence-corrected chi connectivity index (χ1v) is 7.27. The van der Waals surface area contributed by atoms with E-state index in [1.54, 1.807) is 6.20 Å². The lowest BCUT2D eigenvalue weighted by Gasteiger charge is -2.35. The Kier molecular flexibility index (Phi) is 5.49. The van der Waals surface area contributed by atoms with Gasteiger partial charge in [0, 0.05) is 51.2 Å². The van der Waals surface area contributed by atoms with Crippen LogP contribution < -0.4 is 5.32 Å².